The summed E-state index contributed by atoms with van der Waals surface area (Å²) in [6.07, 6.45) is 0. The summed E-state index contributed by atoms with van der Waals surface area (Å²) in [6.45, 7) is 0. The maximum Gasteiger partial charge on any atom is 0.344 e. The predicted octanol–water partition coefficient (Wildman–Crippen LogP) is 3.85. The Morgan fingerprint density at radius 2 is 1.74 bits per heavy atom. The fraction of sp³-hybridized carbons (Fsp3) is 0.143. The number of hydrogen-bond acceptors (Lipinski definition) is 5. The molecule has 1 aliphatic heterocycles. The molecule has 4 rings (SSSR count). The van der Waals surface area contributed by atoms with Crippen molar-refractivity contribution >= 4 is 34.5 Å². The molecule has 1 heterocycles. The van der Waals surface area contributed by atoms with Gasteiger partial charge >= 0.3 is 11.9 Å². The van der Waals surface area contributed by atoms with E-state index in [-0.39, 0.29) is 5.37 Å². The van der Waals surface area contributed by atoms with Crippen LogP contribution in [0.25, 0.3) is 10.8 Å². The van der Waals surface area contributed by atoms with Gasteiger partial charge in [0.15, 0.2) is 0 Å². The quantitative estimate of drug-likeness (QED) is 0.530. The lowest BCUT2D eigenvalue weighted by Gasteiger charge is -2.12. The Kier molecular flexibility index (Phi) is 4.83. The number of aliphatic carboxylic acids is 1. The zero-order valence-electron chi connectivity index (χ0n) is 14.3. The first-order valence-corrected chi connectivity index (χ1v) is 9.57. The number of nitrogens with one attached hydrogen (secondary N) is 1. The highest BCUT2D eigenvalue weighted by Gasteiger charge is 2.30. The minimum atomic E-state index is -0.842. The molecule has 136 valence electrons. The normalized spacial score (nSPS) is 19.1. The molecule has 0 saturated carbocycles. The van der Waals surface area contributed by atoms with Crippen molar-refractivity contribution in [3.05, 3.63) is 77.9 Å². The van der Waals surface area contributed by atoms with E-state index in [4.69, 9.17) is 9.84 Å². The van der Waals surface area contributed by atoms with E-state index in [1.54, 1.807) is 30.0 Å². The van der Waals surface area contributed by atoms with Gasteiger partial charge in [0.25, 0.3) is 0 Å². The van der Waals surface area contributed by atoms with Crippen LogP contribution in [0.1, 0.15) is 21.3 Å². The molecule has 1 saturated heterocycles. The summed E-state index contributed by atoms with van der Waals surface area (Å²) in [5.41, 5.74) is 1.48. The molecule has 0 bridgehead atoms. The lowest BCUT2D eigenvalue weighted by atomic mass is 10.0. The summed E-state index contributed by atoms with van der Waals surface area (Å²) >= 11 is 1.55. The maximum atomic E-state index is 12.6. The van der Waals surface area contributed by atoms with Crippen LogP contribution in [-0.2, 0) is 4.79 Å². The van der Waals surface area contributed by atoms with Crippen molar-refractivity contribution < 1.29 is 19.4 Å². The standard InChI is InChI=1S/C21H17NO4S/c23-20(24)18-12-27-19(22-18)14-8-10-15(11-9-14)26-21(25)17-7-3-5-13-4-1-2-6-16(13)17/h1-11,18-19,22H,12H2,(H,23,24). The maximum absolute atomic E-state index is 12.6. The van der Waals surface area contributed by atoms with Gasteiger partial charge in [-0.3, -0.25) is 10.1 Å². The summed E-state index contributed by atoms with van der Waals surface area (Å²) in [5, 5.41) is 13.9. The number of fused-ring (bicyclic) bond motifs is 1. The molecule has 3 aromatic carbocycles. The summed E-state index contributed by atoms with van der Waals surface area (Å²) in [4.78, 5) is 23.6. The van der Waals surface area contributed by atoms with Gasteiger partial charge in [0.05, 0.1) is 10.9 Å². The van der Waals surface area contributed by atoms with Crippen molar-refractivity contribution in [3.63, 3.8) is 0 Å². The molecule has 27 heavy (non-hydrogen) atoms. The Hall–Kier alpha value is -2.83. The SMILES string of the molecule is O=C(Oc1ccc(C2NC(C(=O)O)CS2)cc1)c1cccc2ccccc12. The van der Waals surface area contributed by atoms with Crippen LogP contribution in [0.3, 0.4) is 0 Å². The van der Waals surface area contributed by atoms with Crippen LogP contribution in [0.5, 0.6) is 5.75 Å². The van der Waals surface area contributed by atoms with E-state index in [0.717, 1.165) is 16.3 Å². The Morgan fingerprint density at radius 1 is 1.00 bits per heavy atom. The number of carbonyl (C=O) groups is 2. The minimum Gasteiger partial charge on any atom is -0.480 e. The monoisotopic (exact) mass is 379 g/mol. The van der Waals surface area contributed by atoms with Gasteiger partial charge in [-0.25, -0.2) is 4.79 Å². The molecule has 0 amide bonds. The van der Waals surface area contributed by atoms with Crippen molar-refractivity contribution in [2.24, 2.45) is 0 Å². The molecular weight excluding hydrogens is 362 g/mol. The average Bonchev–Trinajstić information content (AvgIpc) is 3.18. The smallest absolute Gasteiger partial charge is 0.344 e. The van der Waals surface area contributed by atoms with Gasteiger partial charge in [0.2, 0.25) is 0 Å². The number of carboxylic acid groups (broad SMARTS) is 1. The van der Waals surface area contributed by atoms with Gasteiger partial charge in [0.1, 0.15) is 11.8 Å². The van der Waals surface area contributed by atoms with E-state index in [9.17, 15) is 9.59 Å². The van der Waals surface area contributed by atoms with Crippen LogP contribution in [0.2, 0.25) is 0 Å². The summed E-state index contributed by atoms with van der Waals surface area (Å²) in [6, 6.07) is 19.8. The van der Waals surface area contributed by atoms with Crippen molar-refractivity contribution in [3.8, 4) is 5.75 Å². The van der Waals surface area contributed by atoms with Gasteiger partial charge in [0, 0.05) is 5.75 Å². The second-order valence-electron chi connectivity index (χ2n) is 6.26. The van der Waals surface area contributed by atoms with Gasteiger partial charge in [-0.1, -0.05) is 48.5 Å². The van der Waals surface area contributed by atoms with E-state index in [1.807, 2.05) is 48.5 Å². The molecule has 0 spiro atoms. The zero-order valence-corrected chi connectivity index (χ0v) is 15.1. The molecule has 2 atom stereocenters. The third kappa shape index (κ3) is 3.67. The molecule has 2 unspecified atom stereocenters. The molecule has 6 heteroatoms. The van der Waals surface area contributed by atoms with Crippen molar-refractivity contribution in [1.29, 1.82) is 0 Å². The molecule has 2 N–H and O–H groups in total. The topological polar surface area (TPSA) is 75.6 Å². The number of carboxylic acids is 1. The lowest BCUT2D eigenvalue weighted by Crippen LogP contribution is -2.33. The highest BCUT2D eigenvalue weighted by Crippen LogP contribution is 2.33. The molecule has 0 radical (unpaired) electrons. The first-order valence-electron chi connectivity index (χ1n) is 8.52. The van der Waals surface area contributed by atoms with E-state index in [1.165, 1.54) is 0 Å². The zero-order chi connectivity index (χ0) is 18.8. The highest BCUT2D eigenvalue weighted by molar-refractivity contribution is 7.99. The largest absolute Gasteiger partial charge is 0.480 e. The summed E-state index contributed by atoms with van der Waals surface area (Å²) < 4.78 is 5.53. The van der Waals surface area contributed by atoms with E-state index in [2.05, 4.69) is 5.32 Å². The minimum absolute atomic E-state index is 0.0751. The van der Waals surface area contributed by atoms with Crippen LogP contribution < -0.4 is 10.1 Å². The van der Waals surface area contributed by atoms with Crippen LogP contribution >= 0.6 is 11.8 Å². The Labute approximate surface area is 160 Å². The van der Waals surface area contributed by atoms with E-state index in [0.29, 0.717) is 17.1 Å². The molecular formula is C21H17NO4S. The average molecular weight is 379 g/mol. The third-order valence-corrected chi connectivity index (χ3v) is 5.75. The van der Waals surface area contributed by atoms with Crippen LogP contribution in [-0.4, -0.2) is 28.8 Å². The molecule has 1 fully saturated rings. The number of rotatable bonds is 4. The van der Waals surface area contributed by atoms with Crippen LogP contribution in [0, 0.1) is 0 Å². The first-order chi connectivity index (χ1) is 13.1. The van der Waals surface area contributed by atoms with Gasteiger partial charge in [-0.15, -0.1) is 11.8 Å². The highest BCUT2D eigenvalue weighted by atomic mass is 32.2. The summed E-state index contributed by atoms with van der Waals surface area (Å²) in [7, 11) is 0. The number of benzene rings is 3. The van der Waals surface area contributed by atoms with Crippen molar-refractivity contribution in [1.82, 2.24) is 5.32 Å². The number of carbonyl (C=O) groups excluding carboxylic acids is 1. The van der Waals surface area contributed by atoms with Gasteiger partial charge in [-0.2, -0.15) is 0 Å². The third-order valence-electron chi connectivity index (χ3n) is 4.48. The number of hydrogen-bond donors (Lipinski definition) is 2. The van der Waals surface area contributed by atoms with Gasteiger partial charge < -0.3 is 9.84 Å². The molecule has 5 nitrogen and oxygen atoms in total. The number of esters is 1. The van der Waals surface area contributed by atoms with Crippen LogP contribution in [0.4, 0.5) is 0 Å². The Bertz CT molecular complexity index is 997. The Morgan fingerprint density at radius 3 is 2.48 bits per heavy atom. The summed E-state index contributed by atoms with van der Waals surface area (Å²) in [5.74, 6) is -0.267. The van der Waals surface area contributed by atoms with E-state index < -0.39 is 18.0 Å². The molecule has 1 aliphatic rings. The molecule has 0 aliphatic carbocycles. The van der Waals surface area contributed by atoms with Crippen LogP contribution in [0.15, 0.2) is 66.7 Å². The first kappa shape index (κ1) is 17.6. The van der Waals surface area contributed by atoms with Crippen molar-refractivity contribution in [2.45, 2.75) is 11.4 Å². The molecule has 0 aromatic heterocycles. The number of thioether (sulfide) groups is 1. The van der Waals surface area contributed by atoms with E-state index >= 15 is 0 Å². The second-order valence-corrected chi connectivity index (χ2v) is 7.39. The van der Waals surface area contributed by atoms with Gasteiger partial charge in [-0.05, 0) is 34.5 Å². The Balaban J connectivity index is 1.48. The predicted molar refractivity (Wildman–Crippen MR) is 105 cm³/mol. The lowest BCUT2D eigenvalue weighted by molar-refractivity contribution is -0.138. The second kappa shape index (κ2) is 7.42. The van der Waals surface area contributed by atoms with Crippen molar-refractivity contribution in [2.75, 3.05) is 5.75 Å². The fourth-order valence-electron chi connectivity index (χ4n) is 3.08. The fourth-order valence-corrected chi connectivity index (χ4v) is 4.32. The molecule has 3 aromatic rings. The number of ether oxygens (including phenoxy) is 1.